The first-order valence-corrected chi connectivity index (χ1v) is 9.44. The predicted octanol–water partition coefficient (Wildman–Crippen LogP) is 2.70. The van der Waals surface area contributed by atoms with Crippen LogP contribution < -0.4 is 10.2 Å². The van der Waals surface area contributed by atoms with Crippen LogP contribution in [0.4, 0.5) is 11.4 Å². The Kier molecular flexibility index (Phi) is 5.60. The standard InChI is InChI=1S/C19H21N3O2S/c1-25-17-9-5-6-15(14-17)20-18(23)19(24)22-12-10-21(11-13-22)16-7-3-2-4-8-16/h2-9,14H,10-13H2,1H3,(H,20,23). The van der Waals surface area contributed by atoms with Gasteiger partial charge in [0.05, 0.1) is 0 Å². The van der Waals surface area contributed by atoms with E-state index in [0.717, 1.165) is 23.7 Å². The summed E-state index contributed by atoms with van der Waals surface area (Å²) in [6, 6.07) is 17.6. The van der Waals surface area contributed by atoms with Gasteiger partial charge in [0.25, 0.3) is 0 Å². The maximum absolute atomic E-state index is 12.4. The average molecular weight is 355 g/mol. The Balaban J connectivity index is 1.56. The van der Waals surface area contributed by atoms with E-state index in [-0.39, 0.29) is 0 Å². The van der Waals surface area contributed by atoms with Crippen molar-refractivity contribution in [3.05, 3.63) is 54.6 Å². The van der Waals surface area contributed by atoms with Crippen LogP contribution in [0, 0.1) is 0 Å². The van der Waals surface area contributed by atoms with Crippen LogP contribution in [0.3, 0.4) is 0 Å². The van der Waals surface area contributed by atoms with Gasteiger partial charge in [-0.25, -0.2) is 0 Å². The van der Waals surface area contributed by atoms with Crippen LogP contribution >= 0.6 is 11.8 Å². The fourth-order valence-corrected chi connectivity index (χ4v) is 3.30. The van der Waals surface area contributed by atoms with Crippen molar-refractivity contribution < 1.29 is 9.59 Å². The van der Waals surface area contributed by atoms with Crippen molar-refractivity contribution in [1.82, 2.24) is 4.90 Å². The molecular weight excluding hydrogens is 334 g/mol. The van der Waals surface area contributed by atoms with Crippen LogP contribution in [0.25, 0.3) is 0 Å². The van der Waals surface area contributed by atoms with Crippen molar-refractivity contribution in [2.75, 3.05) is 42.7 Å². The molecule has 1 aliphatic heterocycles. The molecule has 0 aromatic heterocycles. The quantitative estimate of drug-likeness (QED) is 0.679. The third-order valence-electron chi connectivity index (χ3n) is 4.21. The third kappa shape index (κ3) is 4.33. The highest BCUT2D eigenvalue weighted by Gasteiger charge is 2.26. The Morgan fingerprint density at radius 2 is 1.68 bits per heavy atom. The van der Waals surface area contributed by atoms with E-state index in [1.807, 2.05) is 42.7 Å². The second kappa shape index (κ2) is 8.07. The molecule has 0 bridgehead atoms. The van der Waals surface area contributed by atoms with E-state index in [1.54, 1.807) is 22.7 Å². The fraction of sp³-hybridized carbons (Fsp3) is 0.263. The number of carbonyl (C=O) groups excluding carboxylic acids is 2. The number of carbonyl (C=O) groups is 2. The van der Waals surface area contributed by atoms with Crippen molar-refractivity contribution in [2.24, 2.45) is 0 Å². The molecule has 1 heterocycles. The molecule has 2 aromatic carbocycles. The second-order valence-electron chi connectivity index (χ2n) is 5.80. The number of anilines is 2. The van der Waals surface area contributed by atoms with Crippen LogP contribution in [0.2, 0.25) is 0 Å². The zero-order valence-electron chi connectivity index (χ0n) is 14.1. The minimum Gasteiger partial charge on any atom is -0.368 e. The van der Waals surface area contributed by atoms with E-state index in [9.17, 15) is 9.59 Å². The SMILES string of the molecule is CSc1cccc(NC(=O)C(=O)N2CCN(c3ccccc3)CC2)c1. The summed E-state index contributed by atoms with van der Waals surface area (Å²) in [6.45, 7) is 2.55. The van der Waals surface area contributed by atoms with Gasteiger partial charge in [0, 0.05) is 42.4 Å². The summed E-state index contributed by atoms with van der Waals surface area (Å²) in [7, 11) is 0. The minimum atomic E-state index is -0.577. The first kappa shape index (κ1) is 17.4. The van der Waals surface area contributed by atoms with Gasteiger partial charge < -0.3 is 15.1 Å². The molecule has 2 aromatic rings. The van der Waals surface area contributed by atoms with Gasteiger partial charge in [-0.05, 0) is 36.6 Å². The van der Waals surface area contributed by atoms with Crippen molar-refractivity contribution >= 4 is 35.0 Å². The lowest BCUT2D eigenvalue weighted by atomic mass is 10.2. The molecule has 2 amide bonds. The first-order chi connectivity index (χ1) is 12.2. The summed E-state index contributed by atoms with van der Waals surface area (Å²) < 4.78 is 0. The maximum atomic E-state index is 12.4. The average Bonchev–Trinajstić information content (AvgIpc) is 2.68. The van der Waals surface area contributed by atoms with E-state index in [2.05, 4.69) is 22.3 Å². The molecule has 0 saturated carbocycles. The molecule has 130 valence electrons. The van der Waals surface area contributed by atoms with E-state index in [0.29, 0.717) is 18.8 Å². The molecular formula is C19H21N3O2S. The lowest BCUT2D eigenvalue weighted by molar-refractivity contribution is -0.143. The molecule has 0 aliphatic carbocycles. The van der Waals surface area contributed by atoms with Crippen molar-refractivity contribution in [3.8, 4) is 0 Å². The Bertz CT molecular complexity index is 743. The van der Waals surface area contributed by atoms with Crippen LogP contribution in [-0.4, -0.2) is 49.1 Å². The summed E-state index contributed by atoms with van der Waals surface area (Å²) >= 11 is 1.59. The van der Waals surface area contributed by atoms with E-state index < -0.39 is 11.8 Å². The zero-order chi connectivity index (χ0) is 17.6. The molecule has 1 saturated heterocycles. The number of para-hydroxylation sites is 1. The maximum Gasteiger partial charge on any atom is 0.313 e. The molecule has 1 fully saturated rings. The normalized spacial score (nSPS) is 14.3. The third-order valence-corrected chi connectivity index (χ3v) is 4.94. The molecule has 0 atom stereocenters. The minimum absolute atomic E-state index is 0.470. The highest BCUT2D eigenvalue weighted by molar-refractivity contribution is 7.98. The molecule has 0 spiro atoms. The molecule has 1 N–H and O–H groups in total. The Hall–Kier alpha value is -2.47. The highest BCUT2D eigenvalue weighted by atomic mass is 32.2. The molecule has 0 unspecified atom stereocenters. The topological polar surface area (TPSA) is 52.7 Å². The zero-order valence-corrected chi connectivity index (χ0v) is 15.0. The van der Waals surface area contributed by atoms with Gasteiger partial charge in [-0.1, -0.05) is 24.3 Å². The van der Waals surface area contributed by atoms with E-state index >= 15 is 0 Å². The van der Waals surface area contributed by atoms with E-state index in [4.69, 9.17) is 0 Å². The second-order valence-corrected chi connectivity index (χ2v) is 6.68. The van der Waals surface area contributed by atoms with Crippen LogP contribution in [-0.2, 0) is 9.59 Å². The Morgan fingerprint density at radius 3 is 2.36 bits per heavy atom. The molecule has 25 heavy (non-hydrogen) atoms. The summed E-state index contributed by atoms with van der Waals surface area (Å²) in [5.41, 5.74) is 1.79. The number of nitrogens with zero attached hydrogens (tertiary/aromatic N) is 2. The van der Waals surface area contributed by atoms with Gasteiger partial charge >= 0.3 is 11.8 Å². The summed E-state index contributed by atoms with van der Waals surface area (Å²) in [5, 5.41) is 2.70. The Labute approximate surface area is 152 Å². The lowest BCUT2D eigenvalue weighted by Crippen LogP contribution is -2.51. The van der Waals surface area contributed by atoms with Gasteiger partial charge in [-0.15, -0.1) is 11.8 Å². The molecule has 3 rings (SSSR count). The number of nitrogens with one attached hydrogen (secondary N) is 1. The lowest BCUT2D eigenvalue weighted by Gasteiger charge is -2.35. The molecule has 6 heteroatoms. The number of piperazine rings is 1. The number of benzene rings is 2. The molecule has 1 aliphatic rings. The first-order valence-electron chi connectivity index (χ1n) is 8.21. The van der Waals surface area contributed by atoms with Crippen molar-refractivity contribution in [3.63, 3.8) is 0 Å². The van der Waals surface area contributed by atoms with E-state index in [1.165, 1.54) is 0 Å². The molecule has 0 radical (unpaired) electrons. The molecule has 5 nitrogen and oxygen atoms in total. The highest BCUT2D eigenvalue weighted by Crippen LogP contribution is 2.19. The monoisotopic (exact) mass is 355 g/mol. The van der Waals surface area contributed by atoms with Gasteiger partial charge in [0.15, 0.2) is 0 Å². The van der Waals surface area contributed by atoms with Crippen molar-refractivity contribution in [2.45, 2.75) is 4.90 Å². The number of rotatable bonds is 3. The smallest absolute Gasteiger partial charge is 0.313 e. The summed E-state index contributed by atoms with van der Waals surface area (Å²) in [5.74, 6) is -1.05. The number of thioether (sulfide) groups is 1. The van der Waals surface area contributed by atoms with Crippen LogP contribution in [0.15, 0.2) is 59.5 Å². The Morgan fingerprint density at radius 1 is 0.960 bits per heavy atom. The van der Waals surface area contributed by atoms with Crippen LogP contribution in [0.5, 0.6) is 0 Å². The fourth-order valence-electron chi connectivity index (χ4n) is 2.84. The number of hydrogen-bond acceptors (Lipinski definition) is 4. The van der Waals surface area contributed by atoms with Gasteiger partial charge in [-0.2, -0.15) is 0 Å². The number of hydrogen-bond donors (Lipinski definition) is 1. The predicted molar refractivity (Wildman–Crippen MR) is 102 cm³/mol. The van der Waals surface area contributed by atoms with Gasteiger partial charge in [-0.3, -0.25) is 9.59 Å². The largest absolute Gasteiger partial charge is 0.368 e. The van der Waals surface area contributed by atoms with Gasteiger partial charge in [0.1, 0.15) is 0 Å². The van der Waals surface area contributed by atoms with Crippen molar-refractivity contribution in [1.29, 1.82) is 0 Å². The summed E-state index contributed by atoms with van der Waals surface area (Å²) in [4.78, 5) is 29.5. The van der Waals surface area contributed by atoms with Gasteiger partial charge in [0.2, 0.25) is 0 Å². The number of amides is 2. The van der Waals surface area contributed by atoms with Crippen LogP contribution in [0.1, 0.15) is 0 Å². The summed E-state index contributed by atoms with van der Waals surface area (Å²) in [6.07, 6.45) is 1.97.